The number of hydrogen-bond donors (Lipinski definition) is 0. The predicted octanol–water partition coefficient (Wildman–Crippen LogP) is 4.90. The summed E-state index contributed by atoms with van der Waals surface area (Å²) in [6.45, 7) is 6.47. The highest BCUT2D eigenvalue weighted by molar-refractivity contribution is 9.09. The van der Waals surface area contributed by atoms with Gasteiger partial charge >= 0.3 is 0 Å². The lowest BCUT2D eigenvalue weighted by molar-refractivity contribution is 0.0656. The molecular formula is C17H23BrO2. The monoisotopic (exact) mass is 338 g/mol. The van der Waals surface area contributed by atoms with Crippen LogP contribution >= 0.6 is 15.9 Å². The summed E-state index contributed by atoms with van der Waals surface area (Å²) >= 11 is 3.81. The molecule has 2 rings (SSSR count). The summed E-state index contributed by atoms with van der Waals surface area (Å²) in [7, 11) is 1.69. The lowest BCUT2D eigenvalue weighted by Gasteiger charge is -2.40. The lowest BCUT2D eigenvalue weighted by Crippen LogP contribution is -2.45. The van der Waals surface area contributed by atoms with Crippen molar-refractivity contribution in [3.63, 3.8) is 0 Å². The predicted molar refractivity (Wildman–Crippen MR) is 87.1 cm³/mol. The van der Waals surface area contributed by atoms with Gasteiger partial charge in [-0.2, -0.15) is 0 Å². The molecular weight excluding hydrogens is 316 g/mol. The highest BCUT2D eigenvalue weighted by Gasteiger charge is 2.38. The minimum absolute atomic E-state index is 0.159. The van der Waals surface area contributed by atoms with Crippen molar-refractivity contribution in [2.24, 2.45) is 0 Å². The van der Waals surface area contributed by atoms with Gasteiger partial charge in [0.25, 0.3) is 0 Å². The fourth-order valence-electron chi connectivity index (χ4n) is 2.52. The summed E-state index contributed by atoms with van der Waals surface area (Å²) in [5.74, 6) is 1.88. The Bertz CT molecular complexity index is 506. The third kappa shape index (κ3) is 3.38. The van der Waals surface area contributed by atoms with E-state index >= 15 is 0 Å². The number of fused-ring (bicyclic) bond motifs is 1. The van der Waals surface area contributed by atoms with Crippen LogP contribution in [0, 0.1) is 0 Å². The highest BCUT2D eigenvalue weighted by atomic mass is 79.9. The molecule has 1 aromatic rings. The zero-order valence-electron chi connectivity index (χ0n) is 12.7. The SMILES string of the molecule is COc1ccc2c(c1)CC(Br)C(C)(CCC=C(C)C)O2. The largest absolute Gasteiger partial charge is 0.497 e. The molecule has 20 heavy (non-hydrogen) atoms. The van der Waals surface area contributed by atoms with Crippen LogP contribution < -0.4 is 9.47 Å². The lowest BCUT2D eigenvalue weighted by atomic mass is 9.88. The van der Waals surface area contributed by atoms with Gasteiger partial charge in [0.05, 0.1) is 11.9 Å². The standard InChI is InChI=1S/C17H23BrO2/c1-12(2)6-5-9-17(3)16(18)11-13-10-14(19-4)7-8-15(13)20-17/h6-8,10,16H,5,9,11H2,1-4H3. The molecule has 0 aromatic heterocycles. The van der Waals surface area contributed by atoms with E-state index in [1.54, 1.807) is 7.11 Å². The van der Waals surface area contributed by atoms with Crippen LogP contribution in [0.25, 0.3) is 0 Å². The van der Waals surface area contributed by atoms with Gasteiger partial charge in [-0.05, 0) is 63.8 Å². The average molecular weight is 339 g/mol. The molecule has 110 valence electrons. The van der Waals surface area contributed by atoms with E-state index in [1.165, 1.54) is 11.1 Å². The topological polar surface area (TPSA) is 18.5 Å². The molecule has 1 aliphatic rings. The summed E-state index contributed by atoms with van der Waals surface area (Å²) in [6, 6.07) is 6.05. The van der Waals surface area contributed by atoms with Crippen LogP contribution in [0.2, 0.25) is 0 Å². The summed E-state index contributed by atoms with van der Waals surface area (Å²) in [5, 5.41) is 0. The summed E-state index contributed by atoms with van der Waals surface area (Å²) < 4.78 is 11.6. The van der Waals surface area contributed by atoms with Gasteiger partial charge in [-0.25, -0.2) is 0 Å². The smallest absolute Gasteiger partial charge is 0.123 e. The van der Waals surface area contributed by atoms with Crippen molar-refractivity contribution in [1.29, 1.82) is 0 Å². The second-order valence-corrected chi connectivity index (χ2v) is 6.99. The number of methoxy groups -OCH3 is 1. The van der Waals surface area contributed by atoms with E-state index in [9.17, 15) is 0 Å². The molecule has 0 saturated heterocycles. The molecule has 1 heterocycles. The minimum Gasteiger partial charge on any atom is -0.497 e. The molecule has 0 radical (unpaired) electrons. The Morgan fingerprint density at radius 2 is 2.25 bits per heavy atom. The first kappa shape index (κ1) is 15.4. The van der Waals surface area contributed by atoms with E-state index in [4.69, 9.17) is 9.47 Å². The van der Waals surface area contributed by atoms with Gasteiger partial charge in [0.1, 0.15) is 17.1 Å². The molecule has 2 nitrogen and oxygen atoms in total. The fourth-order valence-corrected chi connectivity index (χ4v) is 3.19. The number of alkyl halides is 1. The second-order valence-electron chi connectivity index (χ2n) is 5.88. The number of rotatable bonds is 4. The number of hydrogen-bond acceptors (Lipinski definition) is 2. The molecule has 0 bridgehead atoms. The molecule has 0 saturated carbocycles. The Balaban J connectivity index is 2.16. The maximum Gasteiger partial charge on any atom is 0.123 e. The normalized spacial score (nSPS) is 24.6. The molecule has 2 atom stereocenters. The van der Waals surface area contributed by atoms with Gasteiger partial charge in [0.15, 0.2) is 0 Å². The van der Waals surface area contributed by atoms with Crippen LogP contribution in [0.15, 0.2) is 29.8 Å². The molecule has 0 amide bonds. The van der Waals surface area contributed by atoms with Gasteiger partial charge in [-0.1, -0.05) is 27.6 Å². The zero-order chi connectivity index (χ0) is 14.8. The Morgan fingerprint density at radius 3 is 2.90 bits per heavy atom. The Morgan fingerprint density at radius 1 is 1.50 bits per heavy atom. The first-order chi connectivity index (χ1) is 9.44. The maximum atomic E-state index is 6.28. The van der Waals surface area contributed by atoms with Crippen molar-refractivity contribution in [3.05, 3.63) is 35.4 Å². The quantitative estimate of drug-likeness (QED) is 0.574. The molecule has 0 spiro atoms. The molecule has 0 fully saturated rings. The first-order valence-electron chi connectivity index (χ1n) is 7.08. The molecule has 1 aliphatic heterocycles. The van der Waals surface area contributed by atoms with Crippen LogP contribution in [0.1, 0.15) is 39.2 Å². The number of benzene rings is 1. The zero-order valence-corrected chi connectivity index (χ0v) is 14.3. The Hall–Kier alpha value is -0.960. The van der Waals surface area contributed by atoms with Crippen LogP contribution in [0.4, 0.5) is 0 Å². The fraction of sp³-hybridized carbons (Fsp3) is 0.529. The van der Waals surface area contributed by atoms with E-state index in [-0.39, 0.29) is 5.60 Å². The van der Waals surface area contributed by atoms with E-state index < -0.39 is 0 Å². The number of allylic oxidation sites excluding steroid dienone is 2. The van der Waals surface area contributed by atoms with Gasteiger partial charge in [0, 0.05) is 0 Å². The Labute approximate surface area is 130 Å². The van der Waals surface area contributed by atoms with E-state index in [1.807, 2.05) is 12.1 Å². The van der Waals surface area contributed by atoms with Gasteiger partial charge < -0.3 is 9.47 Å². The van der Waals surface area contributed by atoms with Gasteiger partial charge in [-0.3, -0.25) is 0 Å². The van der Waals surface area contributed by atoms with Crippen molar-refractivity contribution in [1.82, 2.24) is 0 Å². The number of ether oxygens (including phenoxy) is 2. The molecule has 0 N–H and O–H groups in total. The highest BCUT2D eigenvalue weighted by Crippen LogP contribution is 2.40. The van der Waals surface area contributed by atoms with Crippen molar-refractivity contribution < 1.29 is 9.47 Å². The third-order valence-corrected chi connectivity index (χ3v) is 5.16. The van der Waals surface area contributed by atoms with Crippen molar-refractivity contribution in [2.75, 3.05) is 7.11 Å². The molecule has 1 aromatic carbocycles. The van der Waals surface area contributed by atoms with Crippen LogP contribution in [-0.4, -0.2) is 17.5 Å². The van der Waals surface area contributed by atoms with Gasteiger partial charge in [-0.15, -0.1) is 0 Å². The summed E-state index contributed by atoms with van der Waals surface area (Å²) in [5.41, 5.74) is 2.42. The average Bonchev–Trinajstić information content (AvgIpc) is 2.39. The minimum atomic E-state index is -0.159. The first-order valence-corrected chi connectivity index (χ1v) is 7.99. The summed E-state index contributed by atoms with van der Waals surface area (Å²) in [4.78, 5) is 0.320. The van der Waals surface area contributed by atoms with E-state index in [2.05, 4.69) is 48.8 Å². The summed E-state index contributed by atoms with van der Waals surface area (Å²) in [6.07, 6.45) is 5.31. The maximum absolute atomic E-state index is 6.28. The number of halogens is 1. The van der Waals surface area contributed by atoms with Crippen molar-refractivity contribution in [3.8, 4) is 11.5 Å². The van der Waals surface area contributed by atoms with E-state index in [0.717, 1.165) is 30.8 Å². The second kappa shape index (κ2) is 6.21. The third-order valence-electron chi connectivity index (χ3n) is 3.87. The van der Waals surface area contributed by atoms with Crippen molar-refractivity contribution >= 4 is 15.9 Å². The van der Waals surface area contributed by atoms with Crippen molar-refractivity contribution in [2.45, 2.75) is 50.5 Å². The molecule has 0 aliphatic carbocycles. The Kier molecular flexibility index (Phi) is 4.79. The molecule has 2 unspecified atom stereocenters. The van der Waals surface area contributed by atoms with Crippen LogP contribution in [0.5, 0.6) is 11.5 Å². The molecule has 3 heteroatoms. The van der Waals surface area contributed by atoms with Gasteiger partial charge in [0.2, 0.25) is 0 Å². The van der Waals surface area contributed by atoms with Crippen LogP contribution in [-0.2, 0) is 6.42 Å². The van der Waals surface area contributed by atoms with E-state index in [0.29, 0.717) is 4.83 Å². The van der Waals surface area contributed by atoms with Crippen LogP contribution in [0.3, 0.4) is 0 Å².